The van der Waals surface area contributed by atoms with E-state index >= 15 is 0 Å². The molecule has 4 nitrogen and oxygen atoms in total. The minimum absolute atomic E-state index is 0.0170. The molecule has 5 heteroatoms. The molecule has 1 aromatic carbocycles. The Morgan fingerprint density at radius 3 is 2.74 bits per heavy atom. The molecule has 2 atom stereocenters. The van der Waals surface area contributed by atoms with Gasteiger partial charge in [0.1, 0.15) is 0 Å². The Hall–Kier alpha value is -1.26. The number of fused-ring (bicyclic) bond motifs is 2. The van der Waals surface area contributed by atoms with E-state index in [1.807, 2.05) is 17.0 Å². The summed E-state index contributed by atoms with van der Waals surface area (Å²) in [6.45, 7) is 1.63. The fourth-order valence-corrected chi connectivity index (χ4v) is 2.99. The molecule has 19 heavy (non-hydrogen) atoms. The molecule has 0 saturated carbocycles. The third-order valence-corrected chi connectivity index (χ3v) is 4.16. The van der Waals surface area contributed by atoms with Gasteiger partial charge in [0.2, 0.25) is 0 Å². The molecule has 0 aliphatic carbocycles. The summed E-state index contributed by atoms with van der Waals surface area (Å²) in [5, 5.41) is 7.17. The lowest BCUT2D eigenvalue weighted by Gasteiger charge is -2.24. The lowest BCUT2D eigenvalue weighted by molar-refractivity contribution is 0.208. The van der Waals surface area contributed by atoms with Gasteiger partial charge in [-0.15, -0.1) is 0 Å². The molecule has 0 radical (unpaired) electrons. The number of rotatable bonds is 1. The minimum atomic E-state index is -0.0170. The van der Waals surface area contributed by atoms with E-state index < -0.39 is 0 Å². The Balaban J connectivity index is 1.62. The predicted octanol–water partition coefficient (Wildman–Crippen LogP) is 2.70. The molecule has 102 valence electrons. The van der Waals surface area contributed by atoms with Crippen LogP contribution in [0.3, 0.4) is 0 Å². The number of likely N-dealkylation sites (tertiary alicyclic amines) is 1. The van der Waals surface area contributed by atoms with Crippen molar-refractivity contribution in [1.29, 1.82) is 0 Å². The van der Waals surface area contributed by atoms with Crippen LogP contribution in [0.5, 0.6) is 0 Å². The van der Waals surface area contributed by atoms with E-state index in [1.165, 1.54) is 12.8 Å². The van der Waals surface area contributed by atoms with E-state index in [2.05, 4.69) is 10.6 Å². The van der Waals surface area contributed by atoms with Crippen LogP contribution in [0.4, 0.5) is 10.5 Å². The van der Waals surface area contributed by atoms with Crippen LogP contribution in [0.25, 0.3) is 0 Å². The number of carbonyl (C=O) groups excluding carboxylic acids is 1. The van der Waals surface area contributed by atoms with Crippen molar-refractivity contribution in [2.45, 2.75) is 31.3 Å². The second kappa shape index (κ2) is 5.39. The summed E-state index contributed by atoms with van der Waals surface area (Å²) < 4.78 is 0. The summed E-state index contributed by atoms with van der Waals surface area (Å²) in [6, 6.07) is 8.25. The van der Waals surface area contributed by atoms with Gasteiger partial charge >= 0.3 is 6.03 Å². The highest BCUT2D eigenvalue weighted by Gasteiger charge is 2.31. The Kier molecular flexibility index (Phi) is 3.62. The van der Waals surface area contributed by atoms with Gasteiger partial charge in [0, 0.05) is 35.9 Å². The maximum atomic E-state index is 12.2. The lowest BCUT2D eigenvalue weighted by atomic mass is 10.1. The van der Waals surface area contributed by atoms with Crippen LogP contribution in [0.1, 0.15) is 19.3 Å². The first-order chi connectivity index (χ1) is 9.20. The SMILES string of the molecule is O=C(Nc1ccc(Cl)cc1)N1CCC2CCC(C1)N2. The Bertz CT molecular complexity index is 462. The van der Waals surface area contributed by atoms with Gasteiger partial charge in [-0.3, -0.25) is 0 Å². The normalized spacial score (nSPS) is 26.1. The minimum Gasteiger partial charge on any atom is -0.323 e. The third-order valence-electron chi connectivity index (χ3n) is 3.91. The van der Waals surface area contributed by atoms with Gasteiger partial charge in [-0.05, 0) is 43.5 Å². The molecule has 0 aromatic heterocycles. The van der Waals surface area contributed by atoms with Crippen molar-refractivity contribution in [2.75, 3.05) is 18.4 Å². The Labute approximate surface area is 118 Å². The summed E-state index contributed by atoms with van der Waals surface area (Å²) in [5.74, 6) is 0. The van der Waals surface area contributed by atoms with Crippen LogP contribution in [0.2, 0.25) is 5.02 Å². The molecule has 2 aliphatic heterocycles. The molecule has 0 spiro atoms. The number of carbonyl (C=O) groups is 1. The van der Waals surface area contributed by atoms with Crippen LogP contribution in [-0.4, -0.2) is 36.1 Å². The summed E-state index contributed by atoms with van der Waals surface area (Å²) >= 11 is 5.83. The highest BCUT2D eigenvalue weighted by molar-refractivity contribution is 6.30. The maximum Gasteiger partial charge on any atom is 0.321 e. The molecule has 2 N–H and O–H groups in total. The predicted molar refractivity (Wildman–Crippen MR) is 76.6 cm³/mol. The molecule has 3 rings (SSSR count). The van der Waals surface area contributed by atoms with E-state index in [1.54, 1.807) is 12.1 Å². The fourth-order valence-electron chi connectivity index (χ4n) is 2.86. The number of benzene rings is 1. The van der Waals surface area contributed by atoms with Crippen LogP contribution < -0.4 is 10.6 Å². The molecule has 1 aromatic rings. The third kappa shape index (κ3) is 3.01. The van der Waals surface area contributed by atoms with Crippen LogP contribution >= 0.6 is 11.6 Å². The van der Waals surface area contributed by atoms with Crippen LogP contribution in [0.15, 0.2) is 24.3 Å². The smallest absolute Gasteiger partial charge is 0.321 e. The zero-order valence-corrected chi connectivity index (χ0v) is 11.5. The number of hydrogen-bond acceptors (Lipinski definition) is 2. The van der Waals surface area contributed by atoms with Gasteiger partial charge in [-0.1, -0.05) is 11.6 Å². The monoisotopic (exact) mass is 279 g/mol. The number of urea groups is 1. The van der Waals surface area contributed by atoms with E-state index in [9.17, 15) is 4.79 Å². The van der Waals surface area contributed by atoms with Crippen LogP contribution in [0, 0.1) is 0 Å². The second-order valence-corrected chi connectivity index (χ2v) is 5.75. The highest BCUT2D eigenvalue weighted by atomic mass is 35.5. The molecule has 2 aliphatic rings. The van der Waals surface area contributed by atoms with Crippen LogP contribution in [-0.2, 0) is 0 Å². The van der Waals surface area contributed by atoms with E-state index in [-0.39, 0.29) is 6.03 Å². The van der Waals surface area contributed by atoms with Crippen molar-refractivity contribution < 1.29 is 4.79 Å². The zero-order chi connectivity index (χ0) is 13.2. The van der Waals surface area contributed by atoms with E-state index in [4.69, 9.17) is 11.6 Å². The average molecular weight is 280 g/mol. The summed E-state index contributed by atoms with van der Waals surface area (Å²) in [4.78, 5) is 14.1. The molecule has 2 amide bonds. The average Bonchev–Trinajstić information content (AvgIpc) is 2.71. The number of nitrogens with one attached hydrogen (secondary N) is 2. The molecule has 2 heterocycles. The van der Waals surface area contributed by atoms with Crippen molar-refractivity contribution in [3.8, 4) is 0 Å². The summed E-state index contributed by atoms with van der Waals surface area (Å²) in [6.07, 6.45) is 3.47. The standard InChI is InChI=1S/C14H18ClN3O/c15-10-1-3-11(4-2-10)17-14(19)18-8-7-12-5-6-13(9-18)16-12/h1-4,12-13,16H,5-9H2,(H,17,19). The number of halogens is 1. The number of nitrogens with zero attached hydrogens (tertiary/aromatic N) is 1. The Morgan fingerprint density at radius 2 is 1.95 bits per heavy atom. The van der Waals surface area contributed by atoms with Crippen molar-refractivity contribution in [1.82, 2.24) is 10.2 Å². The molecule has 2 unspecified atom stereocenters. The van der Waals surface area contributed by atoms with Gasteiger partial charge < -0.3 is 15.5 Å². The molecule has 2 fully saturated rings. The largest absolute Gasteiger partial charge is 0.323 e. The van der Waals surface area contributed by atoms with Crippen molar-refractivity contribution >= 4 is 23.3 Å². The number of hydrogen-bond donors (Lipinski definition) is 2. The molecule has 2 bridgehead atoms. The summed E-state index contributed by atoms with van der Waals surface area (Å²) in [5.41, 5.74) is 0.789. The van der Waals surface area contributed by atoms with Gasteiger partial charge in [0.05, 0.1) is 0 Å². The zero-order valence-electron chi connectivity index (χ0n) is 10.7. The van der Waals surface area contributed by atoms with Gasteiger partial charge in [0.25, 0.3) is 0 Å². The van der Waals surface area contributed by atoms with E-state index in [0.717, 1.165) is 25.2 Å². The van der Waals surface area contributed by atoms with Crippen molar-refractivity contribution in [2.24, 2.45) is 0 Å². The number of anilines is 1. The first-order valence-electron chi connectivity index (χ1n) is 6.78. The van der Waals surface area contributed by atoms with Crippen molar-refractivity contribution in [3.63, 3.8) is 0 Å². The van der Waals surface area contributed by atoms with Gasteiger partial charge in [0.15, 0.2) is 0 Å². The first-order valence-corrected chi connectivity index (χ1v) is 7.16. The molecule has 2 saturated heterocycles. The lowest BCUT2D eigenvalue weighted by Crippen LogP contribution is -2.41. The van der Waals surface area contributed by atoms with E-state index in [0.29, 0.717) is 17.1 Å². The van der Waals surface area contributed by atoms with Crippen molar-refractivity contribution in [3.05, 3.63) is 29.3 Å². The quantitative estimate of drug-likeness (QED) is 0.830. The fraction of sp³-hybridized carbons (Fsp3) is 0.500. The highest BCUT2D eigenvalue weighted by Crippen LogP contribution is 2.21. The first kappa shape index (κ1) is 12.8. The second-order valence-electron chi connectivity index (χ2n) is 5.31. The molecular weight excluding hydrogens is 262 g/mol. The number of amides is 2. The summed E-state index contributed by atoms with van der Waals surface area (Å²) in [7, 11) is 0. The Morgan fingerprint density at radius 1 is 1.21 bits per heavy atom. The molecular formula is C14H18ClN3O. The van der Waals surface area contributed by atoms with Gasteiger partial charge in [-0.25, -0.2) is 4.79 Å². The van der Waals surface area contributed by atoms with Gasteiger partial charge in [-0.2, -0.15) is 0 Å². The maximum absolute atomic E-state index is 12.2. The topological polar surface area (TPSA) is 44.4 Å².